The maximum Gasteiger partial charge on any atom is 0.416 e. The Morgan fingerprint density at radius 2 is 1.32 bits per heavy atom. The van der Waals surface area contributed by atoms with Gasteiger partial charge in [0.25, 0.3) is 0 Å². The van der Waals surface area contributed by atoms with Crippen LogP contribution in [-0.4, -0.2) is 7.05 Å². The molecule has 0 radical (unpaired) electrons. The number of hydrogen-bond donors (Lipinski definition) is 1. The number of rotatable bonds is 3. The minimum Gasteiger partial charge on any atom is -0.316 e. The summed E-state index contributed by atoms with van der Waals surface area (Å²) in [5, 5.41) is 3.04. The van der Waals surface area contributed by atoms with E-state index in [0.717, 1.165) is 35.4 Å². The molecule has 100 valence electrons. The zero-order valence-corrected chi connectivity index (χ0v) is 10.5. The fourth-order valence-corrected chi connectivity index (χ4v) is 1.87. The van der Waals surface area contributed by atoms with E-state index >= 15 is 0 Å². The molecule has 0 atom stereocenters. The first-order chi connectivity index (χ1) is 9.00. The van der Waals surface area contributed by atoms with Crippen LogP contribution in [0, 0.1) is 0 Å². The van der Waals surface area contributed by atoms with Crippen LogP contribution in [0.25, 0.3) is 11.1 Å². The molecule has 0 spiro atoms. The van der Waals surface area contributed by atoms with Gasteiger partial charge < -0.3 is 5.32 Å². The average Bonchev–Trinajstić information content (AvgIpc) is 2.39. The van der Waals surface area contributed by atoms with Crippen LogP contribution >= 0.6 is 0 Å². The van der Waals surface area contributed by atoms with Crippen molar-refractivity contribution >= 4 is 0 Å². The second-order valence-electron chi connectivity index (χ2n) is 4.30. The van der Waals surface area contributed by atoms with Crippen LogP contribution in [0.15, 0.2) is 48.5 Å². The van der Waals surface area contributed by atoms with E-state index in [1.165, 1.54) is 12.1 Å². The molecule has 0 saturated carbocycles. The molecular weight excluding hydrogens is 251 g/mol. The highest BCUT2D eigenvalue weighted by atomic mass is 19.4. The van der Waals surface area contributed by atoms with E-state index in [-0.39, 0.29) is 0 Å². The summed E-state index contributed by atoms with van der Waals surface area (Å²) in [7, 11) is 1.86. The SMILES string of the molecule is CNCc1ccc(-c2ccc(C(F)(F)F)cc2)cc1. The molecule has 0 aliphatic carbocycles. The molecule has 4 heteroatoms. The first-order valence-electron chi connectivity index (χ1n) is 5.92. The molecule has 0 unspecified atom stereocenters. The van der Waals surface area contributed by atoms with E-state index in [4.69, 9.17) is 0 Å². The molecule has 0 saturated heterocycles. The third kappa shape index (κ3) is 3.35. The van der Waals surface area contributed by atoms with Crippen LogP contribution in [0.1, 0.15) is 11.1 Å². The lowest BCUT2D eigenvalue weighted by Crippen LogP contribution is -2.04. The molecule has 0 heterocycles. The highest BCUT2D eigenvalue weighted by Gasteiger charge is 2.29. The van der Waals surface area contributed by atoms with Gasteiger partial charge in [0.05, 0.1) is 5.56 Å². The fraction of sp³-hybridized carbons (Fsp3) is 0.200. The molecule has 0 aliphatic rings. The van der Waals surface area contributed by atoms with Crippen LogP contribution in [-0.2, 0) is 12.7 Å². The second kappa shape index (κ2) is 5.45. The van der Waals surface area contributed by atoms with Gasteiger partial charge >= 0.3 is 6.18 Å². The molecule has 0 bridgehead atoms. The minimum atomic E-state index is -4.28. The molecule has 0 aliphatic heterocycles. The number of nitrogens with one attached hydrogen (secondary N) is 1. The van der Waals surface area contributed by atoms with Crippen LogP contribution in [0.3, 0.4) is 0 Å². The monoisotopic (exact) mass is 265 g/mol. The lowest BCUT2D eigenvalue weighted by atomic mass is 10.0. The standard InChI is InChI=1S/C15H14F3N/c1-19-10-11-2-4-12(5-3-11)13-6-8-14(9-7-13)15(16,17)18/h2-9,19H,10H2,1H3. The molecule has 2 aromatic carbocycles. The quantitative estimate of drug-likeness (QED) is 0.881. The Labute approximate surface area is 110 Å². The van der Waals surface area contributed by atoms with Crippen molar-refractivity contribution < 1.29 is 13.2 Å². The predicted octanol–water partition coefficient (Wildman–Crippen LogP) is 4.09. The molecule has 1 N–H and O–H groups in total. The van der Waals surface area contributed by atoms with E-state index in [9.17, 15) is 13.2 Å². The highest BCUT2D eigenvalue weighted by Crippen LogP contribution is 2.30. The summed E-state index contributed by atoms with van der Waals surface area (Å²) in [6.07, 6.45) is -4.28. The number of benzene rings is 2. The first kappa shape index (κ1) is 13.6. The highest BCUT2D eigenvalue weighted by molar-refractivity contribution is 5.64. The van der Waals surface area contributed by atoms with Crippen LogP contribution in [0.2, 0.25) is 0 Å². The predicted molar refractivity (Wildman–Crippen MR) is 69.6 cm³/mol. The zero-order chi connectivity index (χ0) is 13.9. The molecule has 0 aromatic heterocycles. The molecule has 1 nitrogen and oxygen atoms in total. The summed E-state index contributed by atoms with van der Waals surface area (Å²) >= 11 is 0. The van der Waals surface area contributed by atoms with Crippen molar-refractivity contribution in [3.8, 4) is 11.1 Å². The van der Waals surface area contributed by atoms with Gasteiger partial charge in [0, 0.05) is 6.54 Å². The van der Waals surface area contributed by atoms with Gasteiger partial charge in [-0.2, -0.15) is 13.2 Å². The van der Waals surface area contributed by atoms with Crippen molar-refractivity contribution in [2.24, 2.45) is 0 Å². The van der Waals surface area contributed by atoms with E-state index < -0.39 is 11.7 Å². The Morgan fingerprint density at radius 1 is 0.842 bits per heavy atom. The van der Waals surface area contributed by atoms with Gasteiger partial charge in [-0.1, -0.05) is 36.4 Å². The number of hydrogen-bond acceptors (Lipinski definition) is 1. The van der Waals surface area contributed by atoms with Gasteiger partial charge in [-0.05, 0) is 35.9 Å². The lowest BCUT2D eigenvalue weighted by molar-refractivity contribution is -0.137. The topological polar surface area (TPSA) is 12.0 Å². The van der Waals surface area contributed by atoms with Crippen LogP contribution in [0.4, 0.5) is 13.2 Å². The molecule has 2 aromatic rings. The Kier molecular flexibility index (Phi) is 3.90. The van der Waals surface area contributed by atoms with Crippen molar-refractivity contribution in [2.45, 2.75) is 12.7 Å². The van der Waals surface area contributed by atoms with E-state index in [1.54, 1.807) is 0 Å². The first-order valence-corrected chi connectivity index (χ1v) is 5.92. The minimum absolute atomic E-state index is 0.622. The van der Waals surface area contributed by atoms with Gasteiger partial charge in [0.2, 0.25) is 0 Å². The molecule has 0 fully saturated rings. The maximum atomic E-state index is 12.5. The van der Waals surface area contributed by atoms with Gasteiger partial charge in [0.15, 0.2) is 0 Å². The normalized spacial score (nSPS) is 11.6. The van der Waals surface area contributed by atoms with Crippen LogP contribution in [0.5, 0.6) is 0 Å². The maximum absolute atomic E-state index is 12.5. The average molecular weight is 265 g/mol. The lowest BCUT2D eigenvalue weighted by Gasteiger charge is -2.08. The van der Waals surface area contributed by atoms with E-state index in [0.29, 0.717) is 0 Å². The third-order valence-electron chi connectivity index (χ3n) is 2.88. The van der Waals surface area contributed by atoms with Crippen molar-refractivity contribution in [3.63, 3.8) is 0 Å². The number of alkyl halides is 3. The van der Waals surface area contributed by atoms with E-state index in [1.807, 2.05) is 31.3 Å². The summed E-state index contributed by atoms with van der Waals surface area (Å²) in [4.78, 5) is 0. The summed E-state index contributed by atoms with van der Waals surface area (Å²) in [5.74, 6) is 0. The Morgan fingerprint density at radius 3 is 1.74 bits per heavy atom. The van der Waals surface area contributed by atoms with Crippen molar-refractivity contribution in [1.82, 2.24) is 5.32 Å². The summed E-state index contributed by atoms with van der Waals surface area (Å²) in [6, 6.07) is 13.0. The van der Waals surface area contributed by atoms with Crippen molar-refractivity contribution in [1.29, 1.82) is 0 Å². The fourth-order valence-electron chi connectivity index (χ4n) is 1.87. The molecule has 2 rings (SSSR count). The Bertz CT molecular complexity index is 527. The summed E-state index contributed by atoms with van der Waals surface area (Å²) in [5.41, 5.74) is 2.21. The third-order valence-corrected chi connectivity index (χ3v) is 2.88. The zero-order valence-electron chi connectivity index (χ0n) is 10.5. The summed E-state index contributed by atoms with van der Waals surface area (Å²) in [6.45, 7) is 0.771. The largest absolute Gasteiger partial charge is 0.416 e. The van der Waals surface area contributed by atoms with Gasteiger partial charge in [-0.3, -0.25) is 0 Å². The summed E-state index contributed by atoms with van der Waals surface area (Å²) < 4.78 is 37.4. The van der Waals surface area contributed by atoms with Gasteiger partial charge in [-0.15, -0.1) is 0 Å². The Balaban J connectivity index is 2.22. The molecular formula is C15H14F3N. The van der Waals surface area contributed by atoms with E-state index in [2.05, 4.69) is 5.32 Å². The van der Waals surface area contributed by atoms with Crippen molar-refractivity contribution in [3.05, 3.63) is 59.7 Å². The number of halogens is 3. The molecule has 0 amide bonds. The van der Waals surface area contributed by atoms with Crippen molar-refractivity contribution in [2.75, 3.05) is 7.05 Å². The van der Waals surface area contributed by atoms with Gasteiger partial charge in [-0.25, -0.2) is 0 Å². The smallest absolute Gasteiger partial charge is 0.316 e. The molecule has 19 heavy (non-hydrogen) atoms. The van der Waals surface area contributed by atoms with Crippen LogP contribution < -0.4 is 5.32 Å². The second-order valence-corrected chi connectivity index (χ2v) is 4.30. The van der Waals surface area contributed by atoms with Gasteiger partial charge in [0.1, 0.15) is 0 Å². The Hall–Kier alpha value is -1.81.